The van der Waals surface area contributed by atoms with E-state index in [1.807, 2.05) is 0 Å². The van der Waals surface area contributed by atoms with Gasteiger partial charge < -0.3 is 10.2 Å². The Morgan fingerprint density at radius 3 is 2.83 bits per heavy atom. The van der Waals surface area contributed by atoms with Gasteiger partial charge >= 0.3 is 0 Å². The SMILES string of the molecule is CC(C)(C)NCCCN1CCN2C(=O)CCC2C1. The standard InChI is InChI=1S/C14H27N3O/c1-14(2,3)15-7-4-8-16-9-10-17-12(11-16)5-6-13(17)18/h12,15H,4-11H2,1-3H3. The van der Waals surface area contributed by atoms with Gasteiger partial charge in [0.25, 0.3) is 0 Å². The molecule has 2 heterocycles. The molecule has 0 radical (unpaired) electrons. The number of carbonyl (C=O) groups is 1. The quantitative estimate of drug-likeness (QED) is 0.761. The molecule has 1 atom stereocenters. The van der Waals surface area contributed by atoms with Crippen LogP contribution in [0.3, 0.4) is 0 Å². The van der Waals surface area contributed by atoms with E-state index in [1.165, 1.54) is 6.42 Å². The number of hydrogen-bond acceptors (Lipinski definition) is 3. The van der Waals surface area contributed by atoms with Gasteiger partial charge in [-0.2, -0.15) is 0 Å². The van der Waals surface area contributed by atoms with Gasteiger partial charge in [-0.1, -0.05) is 0 Å². The lowest BCUT2D eigenvalue weighted by atomic mass is 10.1. The average molecular weight is 253 g/mol. The second-order valence-electron chi connectivity index (χ2n) is 6.61. The molecule has 0 aromatic rings. The van der Waals surface area contributed by atoms with Gasteiger partial charge in [0.2, 0.25) is 5.91 Å². The van der Waals surface area contributed by atoms with Crippen molar-refractivity contribution in [2.24, 2.45) is 0 Å². The molecular weight excluding hydrogens is 226 g/mol. The number of fused-ring (bicyclic) bond motifs is 1. The zero-order valence-corrected chi connectivity index (χ0v) is 12.0. The highest BCUT2D eigenvalue weighted by molar-refractivity contribution is 5.78. The van der Waals surface area contributed by atoms with Crippen molar-refractivity contribution < 1.29 is 4.79 Å². The fourth-order valence-corrected chi connectivity index (χ4v) is 2.90. The third-order valence-electron chi connectivity index (χ3n) is 3.89. The molecule has 1 N–H and O–H groups in total. The zero-order chi connectivity index (χ0) is 13.2. The Morgan fingerprint density at radius 1 is 1.33 bits per heavy atom. The maximum absolute atomic E-state index is 11.6. The summed E-state index contributed by atoms with van der Waals surface area (Å²) in [6.45, 7) is 11.9. The molecule has 0 aliphatic carbocycles. The van der Waals surface area contributed by atoms with Gasteiger partial charge in [-0.25, -0.2) is 0 Å². The van der Waals surface area contributed by atoms with E-state index in [0.29, 0.717) is 11.9 Å². The van der Waals surface area contributed by atoms with E-state index >= 15 is 0 Å². The molecular formula is C14H27N3O. The lowest BCUT2D eigenvalue weighted by Crippen LogP contribution is -2.51. The van der Waals surface area contributed by atoms with Crippen LogP contribution in [0.4, 0.5) is 0 Å². The highest BCUT2D eigenvalue weighted by Gasteiger charge is 2.34. The molecule has 2 rings (SSSR count). The minimum atomic E-state index is 0.219. The number of piperazine rings is 1. The molecule has 0 bridgehead atoms. The van der Waals surface area contributed by atoms with Gasteiger partial charge in [0.1, 0.15) is 0 Å². The molecule has 4 nitrogen and oxygen atoms in total. The molecule has 1 unspecified atom stereocenters. The highest BCUT2D eigenvalue weighted by atomic mass is 16.2. The van der Waals surface area contributed by atoms with Crippen LogP contribution in [-0.4, -0.2) is 60.0 Å². The molecule has 4 heteroatoms. The van der Waals surface area contributed by atoms with Crippen molar-refractivity contribution >= 4 is 5.91 Å². The summed E-state index contributed by atoms with van der Waals surface area (Å²) in [5, 5.41) is 3.52. The molecule has 2 saturated heterocycles. The van der Waals surface area contributed by atoms with Crippen molar-refractivity contribution in [2.75, 3.05) is 32.7 Å². The molecule has 18 heavy (non-hydrogen) atoms. The summed E-state index contributed by atoms with van der Waals surface area (Å²) < 4.78 is 0. The summed E-state index contributed by atoms with van der Waals surface area (Å²) in [5.74, 6) is 0.369. The number of hydrogen-bond donors (Lipinski definition) is 1. The lowest BCUT2D eigenvalue weighted by molar-refractivity contribution is -0.130. The average Bonchev–Trinajstić information content (AvgIpc) is 2.65. The van der Waals surface area contributed by atoms with E-state index in [9.17, 15) is 4.79 Å². The van der Waals surface area contributed by atoms with E-state index in [-0.39, 0.29) is 5.54 Å². The molecule has 0 aromatic heterocycles. The lowest BCUT2D eigenvalue weighted by Gasteiger charge is -2.37. The van der Waals surface area contributed by atoms with Crippen LogP contribution in [0.25, 0.3) is 0 Å². The second-order valence-corrected chi connectivity index (χ2v) is 6.61. The van der Waals surface area contributed by atoms with E-state index in [4.69, 9.17) is 0 Å². The van der Waals surface area contributed by atoms with Crippen molar-refractivity contribution in [3.63, 3.8) is 0 Å². The summed E-state index contributed by atoms with van der Waals surface area (Å²) in [5.41, 5.74) is 0.219. The van der Waals surface area contributed by atoms with Gasteiger partial charge in [0, 0.05) is 37.6 Å². The number of carbonyl (C=O) groups excluding carboxylic acids is 1. The van der Waals surface area contributed by atoms with Crippen molar-refractivity contribution in [1.29, 1.82) is 0 Å². The Bertz CT molecular complexity index is 298. The normalized spacial score (nSPS) is 25.6. The monoisotopic (exact) mass is 253 g/mol. The van der Waals surface area contributed by atoms with Gasteiger partial charge in [-0.3, -0.25) is 9.69 Å². The number of amides is 1. The molecule has 2 aliphatic heterocycles. The summed E-state index contributed by atoms with van der Waals surface area (Å²) in [7, 11) is 0. The van der Waals surface area contributed by atoms with Crippen molar-refractivity contribution in [3.8, 4) is 0 Å². The fraction of sp³-hybridized carbons (Fsp3) is 0.929. The van der Waals surface area contributed by atoms with Crippen LogP contribution in [0.5, 0.6) is 0 Å². The summed E-state index contributed by atoms with van der Waals surface area (Å²) in [4.78, 5) is 16.2. The molecule has 2 aliphatic rings. The van der Waals surface area contributed by atoms with Crippen LogP contribution >= 0.6 is 0 Å². The first-order chi connectivity index (χ1) is 8.46. The zero-order valence-electron chi connectivity index (χ0n) is 12.0. The minimum Gasteiger partial charge on any atom is -0.337 e. The molecule has 0 spiro atoms. The smallest absolute Gasteiger partial charge is 0.222 e. The van der Waals surface area contributed by atoms with Gasteiger partial charge in [0.05, 0.1) is 0 Å². The summed E-state index contributed by atoms with van der Waals surface area (Å²) in [6, 6.07) is 0.502. The van der Waals surface area contributed by atoms with E-state index in [1.54, 1.807) is 0 Å². The summed E-state index contributed by atoms with van der Waals surface area (Å²) in [6.07, 6.45) is 3.03. The Morgan fingerprint density at radius 2 is 2.11 bits per heavy atom. The first-order valence-corrected chi connectivity index (χ1v) is 7.22. The van der Waals surface area contributed by atoms with Crippen molar-refractivity contribution in [1.82, 2.24) is 15.1 Å². The Balaban J connectivity index is 1.65. The Hall–Kier alpha value is -0.610. The van der Waals surface area contributed by atoms with E-state index in [2.05, 4.69) is 35.9 Å². The third kappa shape index (κ3) is 3.69. The topological polar surface area (TPSA) is 35.6 Å². The Kier molecular flexibility index (Phi) is 4.28. The Labute approximate surface area is 111 Å². The minimum absolute atomic E-state index is 0.219. The highest BCUT2D eigenvalue weighted by Crippen LogP contribution is 2.22. The second kappa shape index (κ2) is 5.57. The third-order valence-corrected chi connectivity index (χ3v) is 3.89. The van der Waals surface area contributed by atoms with Crippen LogP contribution in [0.1, 0.15) is 40.0 Å². The predicted molar refractivity (Wildman–Crippen MR) is 73.5 cm³/mol. The molecule has 1 amide bonds. The van der Waals surface area contributed by atoms with Crippen LogP contribution in [-0.2, 0) is 4.79 Å². The molecule has 0 saturated carbocycles. The van der Waals surface area contributed by atoms with Crippen LogP contribution in [0.2, 0.25) is 0 Å². The van der Waals surface area contributed by atoms with Gasteiger partial charge in [0.15, 0.2) is 0 Å². The van der Waals surface area contributed by atoms with Crippen molar-refractivity contribution in [3.05, 3.63) is 0 Å². The number of nitrogens with zero attached hydrogens (tertiary/aromatic N) is 2. The first-order valence-electron chi connectivity index (χ1n) is 7.22. The number of rotatable bonds is 4. The first kappa shape index (κ1) is 13.8. The fourth-order valence-electron chi connectivity index (χ4n) is 2.90. The number of nitrogens with one attached hydrogen (secondary N) is 1. The van der Waals surface area contributed by atoms with Crippen LogP contribution in [0, 0.1) is 0 Å². The van der Waals surface area contributed by atoms with Crippen molar-refractivity contribution in [2.45, 2.75) is 51.6 Å². The van der Waals surface area contributed by atoms with Gasteiger partial charge in [-0.15, -0.1) is 0 Å². The van der Waals surface area contributed by atoms with Crippen LogP contribution < -0.4 is 5.32 Å². The van der Waals surface area contributed by atoms with E-state index in [0.717, 1.165) is 45.6 Å². The largest absolute Gasteiger partial charge is 0.337 e. The molecule has 104 valence electrons. The maximum atomic E-state index is 11.6. The molecule has 0 aromatic carbocycles. The van der Waals surface area contributed by atoms with Gasteiger partial charge in [-0.05, 0) is 46.7 Å². The maximum Gasteiger partial charge on any atom is 0.222 e. The summed E-state index contributed by atoms with van der Waals surface area (Å²) >= 11 is 0. The van der Waals surface area contributed by atoms with E-state index < -0.39 is 0 Å². The predicted octanol–water partition coefficient (Wildman–Crippen LogP) is 1.07. The molecule has 2 fully saturated rings. The van der Waals surface area contributed by atoms with Crippen LogP contribution in [0.15, 0.2) is 0 Å².